The molecule has 1 saturated heterocycles. The van der Waals surface area contributed by atoms with Gasteiger partial charge >= 0.3 is 0 Å². The molecule has 0 aliphatic carbocycles. The topological polar surface area (TPSA) is 80.3 Å². The van der Waals surface area contributed by atoms with Crippen molar-refractivity contribution in [1.29, 1.82) is 0 Å². The summed E-state index contributed by atoms with van der Waals surface area (Å²) >= 11 is 0. The Kier molecular flexibility index (Phi) is 4.53. The number of para-hydroxylation sites is 2. The van der Waals surface area contributed by atoms with E-state index in [1.54, 1.807) is 4.68 Å². The highest BCUT2D eigenvalue weighted by Crippen LogP contribution is 2.21. The standard InChI is InChI=1S/C21H20N6O2/c28-21(19-14-16-6-4-5-9-18(16)29-19)26-12-10-25(11-13-26)15-20-22-23-24-27(20)17-7-2-1-3-8-17/h1-9,14H,10-13,15H2. The van der Waals surface area contributed by atoms with Crippen molar-refractivity contribution in [2.75, 3.05) is 26.2 Å². The number of carbonyl (C=O) groups excluding carboxylic acids is 1. The van der Waals surface area contributed by atoms with Gasteiger partial charge in [-0.2, -0.15) is 4.68 Å². The summed E-state index contributed by atoms with van der Waals surface area (Å²) in [5, 5.41) is 13.1. The smallest absolute Gasteiger partial charge is 0.289 e. The van der Waals surface area contributed by atoms with Crippen LogP contribution in [0.2, 0.25) is 0 Å². The predicted octanol–water partition coefficient (Wildman–Crippen LogP) is 2.37. The fourth-order valence-electron chi connectivity index (χ4n) is 3.63. The summed E-state index contributed by atoms with van der Waals surface area (Å²) in [6.45, 7) is 3.43. The molecule has 3 heterocycles. The van der Waals surface area contributed by atoms with Crippen LogP contribution in [0.15, 0.2) is 65.1 Å². The average molecular weight is 388 g/mol. The highest BCUT2D eigenvalue weighted by Gasteiger charge is 2.25. The number of furan rings is 1. The predicted molar refractivity (Wildman–Crippen MR) is 107 cm³/mol. The normalized spacial score (nSPS) is 15.1. The highest BCUT2D eigenvalue weighted by molar-refractivity contribution is 5.96. The summed E-state index contributed by atoms with van der Waals surface area (Å²) in [7, 11) is 0. The molecule has 1 aliphatic rings. The lowest BCUT2D eigenvalue weighted by Crippen LogP contribution is -2.48. The summed E-state index contributed by atoms with van der Waals surface area (Å²) < 4.78 is 7.48. The van der Waals surface area contributed by atoms with Crippen LogP contribution < -0.4 is 0 Å². The first-order valence-corrected chi connectivity index (χ1v) is 9.61. The maximum absolute atomic E-state index is 12.8. The van der Waals surface area contributed by atoms with Crippen molar-refractivity contribution in [2.45, 2.75) is 6.54 Å². The van der Waals surface area contributed by atoms with Crippen molar-refractivity contribution in [3.8, 4) is 5.69 Å². The second kappa shape index (κ2) is 7.48. The molecule has 4 aromatic rings. The molecule has 0 N–H and O–H groups in total. The Bertz CT molecular complexity index is 1100. The Labute approximate surface area is 167 Å². The molecule has 2 aromatic carbocycles. The van der Waals surface area contributed by atoms with Crippen molar-refractivity contribution < 1.29 is 9.21 Å². The van der Waals surface area contributed by atoms with Crippen LogP contribution in [-0.2, 0) is 6.54 Å². The zero-order valence-electron chi connectivity index (χ0n) is 15.8. The van der Waals surface area contributed by atoms with Crippen molar-refractivity contribution >= 4 is 16.9 Å². The van der Waals surface area contributed by atoms with Gasteiger partial charge in [0.25, 0.3) is 5.91 Å². The van der Waals surface area contributed by atoms with Gasteiger partial charge in [-0.1, -0.05) is 36.4 Å². The molecule has 29 heavy (non-hydrogen) atoms. The molecule has 0 radical (unpaired) electrons. The number of amides is 1. The number of benzene rings is 2. The van der Waals surface area contributed by atoms with E-state index in [0.29, 0.717) is 25.4 Å². The van der Waals surface area contributed by atoms with Crippen LogP contribution in [0.1, 0.15) is 16.4 Å². The number of nitrogens with zero attached hydrogens (tertiary/aromatic N) is 6. The molecular formula is C21H20N6O2. The molecule has 1 fully saturated rings. The number of hydrogen-bond acceptors (Lipinski definition) is 6. The van der Waals surface area contributed by atoms with Crippen molar-refractivity contribution in [2.24, 2.45) is 0 Å². The van der Waals surface area contributed by atoms with E-state index in [1.165, 1.54) is 0 Å². The fraction of sp³-hybridized carbons (Fsp3) is 0.238. The monoisotopic (exact) mass is 388 g/mol. The third-order valence-electron chi connectivity index (χ3n) is 5.20. The SMILES string of the molecule is O=C(c1cc2ccccc2o1)N1CCN(Cc2nnnn2-c2ccccc2)CC1. The molecule has 0 atom stereocenters. The van der Waals surface area contributed by atoms with Crippen LogP contribution >= 0.6 is 0 Å². The van der Waals surface area contributed by atoms with Crippen LogP contribution in [0.3, 0.4) is 0 Å². The second-order valence-electron chi connectivity index (χ2n) is 7.06. The second-order valence-corrected chi connectivity index (χ2v) is 7.06. The Morgan fingerprint density at radius 1 is 0.966 bits per heavy atom. The Morgan fingerprint density at radius 2 is 1.72 bits per heavy atom. The fourth-order valence-corrected chi connectivity index (χ4v) is 3.63. The molecule has 1 amide bonds. The summed E-state index contributed by atoms with van der Waals surface area (Å²) in [5.41, 5.74) is 1.67. The third kappa shape index (κ3) is 3.50. The summed E-state index contributed by atoms with van der Waals surface area (Å²) in [4.78, 5) is 16.9. The maximum atomic E-state index is 12.8. The van der Waals surface area contributed by atoms with E-state index in [0.717, 1.165) is 35.6 Å². The molecule has 1 aliphatic heterocycles. The third-order valence-corrected chi connectivity index (χ3v) is 5.20. The van der Waals surface area contributed by atoms with E-state index in [9.17, 15) is 4.79 Å². The molecule has 8 heteroatoms. The largest absolute Gasteiger partial charge is 0.451 e. The zero-order valence-corrected chi connectivity index (χ0v) is 15.8. The first-order chi connectivity index (χ1) is 14.3. The lowest BCUT2D eigenvalue weighted by atomic mass is 10.2. The first-order valence-electron chi connectivity index (χ1n) is 9.61. The van der Waals surface area contributed by atoms with E-state index in [4.69, 9.17) is 4.42 Å². The van der Waals surface area contributed by atoms with Gasteiger partial charge < -0.3 is 9.32 Å². The molecule has 0 saturated carbocycles. The highest BCUT2D eigenvalue weighted by atomic mass is 16.3. The van der Waals surface area contributed by atoms with Gasteiger partial charge in [-0.05, 0) is 34.7 Å². The lowest BCUT2D eigenvalue weighted by Gasteiger charge is -2.33. The number of aromatic nitrogens is 4. The van der Waals surface area contributed by atoms with Gasteiger partial charge in [-0.3, -0.25) is 9.69 Å². The van der Waals surface area contributed by atoms with Gasteiger partial charge in [-0.15, -0.1) is 5.10 Å². The maximum Gasteiger partial charge on any atom is 0.289 e. The van der Waals surface area contributed by atoms with Crippen LogP contribution in [0.4, 0.5) is 0 Å². The molecular weight excluding hydrogens is 368 g/mol. The molecule has 5 rings (SSSR count). The minimum Gasteiger partial charge on any atom is -0.451 e. The minimum atomic E-state index is -0.0602. The first kappa shape index (κ1) is 17.6. The summed E-state index contributed by atoms with van der Waals surface area (Å²) in [6, 6.07) is 19.3. The number of rotatable bonds is 4. The summed E-state index contributed by atoms with van der Waals surface area (Å²) in [5.74, 6) is 1.12. The Balaban J connectivity index is 1.23. The van der Waals surface area contributed by atoms with E-state index < -0.39 is 0 Å². The van der Waals surface area contributed by atoms with Crippen molar-refractivity contribution in [3.05, 3.63) is 72.2 Å². The molecule has 0 spiro atoms. The molecule has 0 unspecified atom stereocenters. The quantitative estimate of drug-likeness (QED) is 0.534. The number of piperazine rings is 1. The van der Waals surface area contributed by atoms with Gasteiger partial charge in [0, 0.05) is 31.6 Å². The molecule has 146 valence electrons. The lowest BCUT2D eigenvalue weighted by molar-refractivity contribution is 0.0596. The minimum absolute atomic E-state index is 0.0602. The van der Waals surface area contributed by atoms with Gasteiger partial charge in [0.05, 0.1) is 12.2 Å². The Hall–Kier alpha value is -3.52. The van der Waals surface area contributed by atoms with E-state index in [1.807, 2.05) is 65.6 Å². The van der Waals surface area contributed by atoms with E-state index >= 15 is 0 Å². The number of hydrogen-bond donors (Lipinski definition) is 0. The van der Waals surface area contributed by atoms with Crippen LogP contribution in [0.25, 0.3) is 16.7 Å². The number of fused-ring (bicyclic) bond motifs is 1. The number of tetrazole rings is 1. The van der Waals surface area contributed by atoms with Gasteiger partial charge in [0.2, 0.25) is 0 Å². The van der Waals surface area contributed by atoms with E-state index in [2.05, 4.69) is 20.4 Å². The van der Waals surface area contributed by atoms with Crippen LogP contribution in [-0.4, -0.2) is 62.1 Å². The van der Waals surface area contributed by atoms with Gasteiger partial charge in [-0.25, -0.2) is 0 Å². The van der Waals surface area contributed by atoms with E-state index in [-0.39, 0.29) is 5.91 Å². The van der Waals surface area contributed by atoms with Crippen LogP contribution in [0.5, 0.6) is 0 Å². The van der Waals surface area contributed by atoms with Gasteiger partial charge in [0.1, 0.15) is 5.58 Å². The summed E-state index contributed by atoms with van der Waals surface area (Å²) in [6.07, 6.45) is 0. The Morgan fingerprint density at radius 3 is 2.52 bits per heavy atom. The van der Waals surface area contributed by atoms with Gasteiger partial charge in [0.15, 0.2) is 11.6 Å². The number of carbonyl (C=O) groups is 1. The average Bonchev–Trinajstić information content (AvgIpc) is 3.41. The molecule has 2 aromatic heterocycles. The van der Waals surface area contributed by atoms with Crippen molar-refractivity contribution in [1.82, 2.24) is 30.0 Å². The van der Waals surface area contributed by atoms with Crippen molar-refractivity contribution in [3.63, 3.8) is 0 Å². The molecule has 0 bridgehead atoms. The zero-order chi connectivity index (χ0) is 19.6. The molecule has 8 nitrogen and oxygen atoms in total. The van der Waals surface area contributed by atoms with Crippen LogP contribution in [0, 0.1) is 0 Å².